The van der Waals surface area contributed by atoms with Gasteiger partial charge >= 0.3 is 0 Å². The molecular formula is C14H25N3S. The molecule has 0 aliphatic carbocycles. The molecule has 0 amide bonds. The number of hydrogen-bond donors (Lipinski definition) is 1. The fourth-order valence-electron chi connectivity index (χ4n) is 2.71. The number of aromatic nitrogens is 1. The van der Waals surface area contributed by atoms with Gasteiger partial charge in [-0.1, -0.05) is 13.8 Å². The highest BCUT2D eigenvalue weighted by Gasteiger charge is 2.33. The Hall–Kier alpha value is -0.450. The molecule has 1 atom stereocenters. The van der Waals surface area contributed by atoms with E-state index >= 15 is 0 Å². The van der Waals surface area contributed by atoms with Crippen molar-refractivity contribution in [2.75, 3.05) is 19.6 Å². The van der Waals surface area contributed by atoms with E-state index in [0.29, 0.717) is 12.0 Å². The van der Waals surface area contributed by atoms with E-state index in [1.165, 1.54) is 5.69 Å². The SMILES string of the molecule is CC(C)C1CNC(C)(C)CN1CCc1cscn1. The maximum Gasteiger partial charge on any atom is 0.0794 e. The molecule has 1 aliphatic heterocycles. The summed E-state index contributed by atoms with van der Waals surface area (Å²) in [5, 5.41) is 5.82. The topological polar surface area (TPSA) is 28.2 Å². The first-order valence-corrected chi connectivity index (χ1v) is 7.78. The zero-order valence-corrected chi connectivity index (χ0v) is 12.8. The van der Waals surface area contributed by atoms with Crippen LogP contribution in [0.3, 0.4) is 0 Å². The lowest BCUT2D eigenvalue weighted by molar-refractivity contribution is 0.0703. The predicted molar refractivity (Wildman–Crippen MR) is 78.1 cm³/mol. The van der Waals surface area contributed by atoms with Crippen LogP contribution in [0.15, 0.2) is 10.9 Å². The van der Waals surface area contributed by atoms with Gasteiger partial charge in [-0.25, -0.2) is 4.98 Å². The average molecular weight is 267 g/mol. The van der Waals surface area contributed by atoms with Gasteiger partial charge in [0.15, 0.2) is 0 Å². The van der Waals surface area contributed by atoms with Gasteiger partial charge in [0.2, 0.25) is 0 Å². The van der Waals surface area contributed by atoms with E-state index in [4.69, 9.17) is 0 Å². The van der Waals surface area contributed by atoms with Crippen LogP contribution in [0, 0.1) is 5.92 Å². The molecule has 0 spiro atoms. The van der Waals surface area contributed by atoms with Gasteiger partial charge in [0, 0.05) is 43.0 Å². The van der Waals surface area contributed by atoms with Crippen molar-refractivity contribution >= 4 is 11.3 Å². The highest BCUT2D eigenvalue weighted by Crippen LogP contribution is 2.20. The minimum absolute atomic E-state index is 0.230. The molecule has 1 aromatic heterocycles. The molecule has 4 heteroatoms. The number of thiazole rings is 1. The van der Waals surface area contributed by atoms with Gasteiger partial charge in [-0.2, -0.15) is 0 Å². The molecule has 1 aromatic rings. The summed E-state index contributed by atoms with van der Waals surface area (Å²) < 4.78 is 0. The van der Waals surface area contributed by atoms with E-state index in [2.05, 4.69) is 48.3 Å². The van der Waals surface area contributed by atoms with Crippen molar-refractivity contribution in [3.63, 3.8) is 0 Å². The third-order valence-corrected chi connectivity index (χ3v) is 4.40. The zero-order chi connectivity index (χ0) is 13.2. The second-order valence-electron chi connectivity index (χ2n) is 6.28. The molecule has 2 rings (SSSR count). The summed E-state index contributed by atoms with van der Waals surface area (Å²) in [5.74, 6) is 0.698. The molecule has 0 bridgehead atoms. The molecule has 0 aromatic carbocycles. The van der Waals surface area contributed by atoms with Crippen LogP contribution in [0.25, 0.3) is 0 Å². The first-order chi connectivity index (χ1) is 8.48. The van der Waals surface area contributed by atoms with E-state index in [0.717, 1.165) is 26.1 Å². The van der Waals surface area contributed by atoms with Crippen molar-refractivity contribution in [1.82, 2.24) is 15.2 Å². The Morgan fingerprint density at radius 3 is 2.94 bits per heavy atom. The maximum atomic E-state index is 4.38. The molecule has 1 N–H and O–H groups in total. The minimum atomic E-state index is 0.230. The van der Waals surface area contributed by atoms with E-state index in [1.807, 2.05) is 5.51 Å². The number of piperazine rings is 1. The second-order valence-corrected chi connectivity index (χ2v) is 7.00. The summed E-state index contributed by atoms with van der Waals surface area (Å²) in [5.41, 5.74) is 3.39. The Bertz CT molecular complexity index is 359. The van der Waals surface area contributed by atoms with Crippen LogP contribution in [0.1, 0.15) is 33.4 Å². The molecule has 1 aliphatic rings. The van der Waals surface area contributed by atoms with Gasteiger partial charge in [0.05, 0.1) is 11.2 Å². The Balaban J connectivity index is 1.96. The van der Waals surface area contributed by atoms with Crippen LogP contribution in [0.2, 0.25) is 0 Å². The predicted octanol–water partition coefficient (Wildman–Crippen LogP) is 2.39. The Morgan fingerprint density at radius 2 is 2.33 bits per heavy atom. The fourth-order valence-corrected chi connectivity index (χ4v) is 3.31. The van der Waals surface area contributed by atoms with Crippen LogP contribution < -0.4 is 5.32 Å². The van der Waals surface area contributed by atoms with E-state index in [-0.39, 0.29) is 5.54 Å². The molecular weight excluding hydrogens is 242 g/mol. The smallest absolute Gasteiger partial charge is 0.0794 e. The Morgan fingerprint density at radius 1 is 1.56 bits per heavy atom. The van der Waals surface area contributed by atoms with Gasteiger partial charge in [-0.05, 0) is 19.8 Å². The van der Waals surface area contributed by atoms with Crippen LogP contribution in [0.4, 0.5) is 0 Å². The average Bonchev–Trinajstić information content (AvgIpc) is 2.77. The first-order valence-electron chi connectivity index (χ1n) is 6.84. The van der Waals surface area contributed by atoms with Crippen molar-refractivity contribution in [3.05, 3.63) is 16.6 Å². The number of nitrogens with zero attached hydrogens (tertiary/aromatic N) is 2. The summed E-state index contributed by atoms with van der Waals surface area (Å²) in [6, 6.07) is 0.650. The van der Waals surface area contributed by atoms with Crippen molar-refractivity contribution in [2.45, 2.75) is 45.7 Å². The molecule has 1 unspecified atom stereocenters. The highest BCUT2D eigenvalue weighted by molar-refractivity contribution is 7.07. The van der Waals surface area contributed by atoms with Gasteiger partial charge in [0.25, 0.3) is 0 Å². The van der Waals surface area contributed by atoms with Crippen LogP contribution >= 0.6 is 11.3 Å². The number of nitrogens with one attached hydrogen (secondary N) is 1. The lowest BCUT2D eigenvalue weighted by atomic mass is 9.93. The van der Waals surface area contributed by atoms with Crippen LogP contribution in [-0.2, 0) is 6.42 Å². The Kier molecular flexibility index (Phi) is 4.41. The largest absolute Gasteiger partial charge is 0.309 e. The van der Waals surface area contributed by atoms with Crippen molar-refractivity contribution in [2.24, 2.45) is 5.92 Å². The lowest BCUT2D eigenvalue weighted by Crippen LogP contribution is -2.63. The summed E-state index contributed by atoms with van der Waals surface area (Å²) in [6.45, 7) is 12.6. The van der Waals surface area contributed by atoms with Crippen molar-refractivity contribution in [1.29, 1.82) is 0 Å². The van der Waals surface area contributed by atoms with Gasteiger partial charge in [-0.3, -0.25) is 4.90 Å². The molecule has 1 fully saturated rings. The second kappa shape index (κ2) is 5.68. The molecule has 2 heterocycles. The van der Waals surface area contributed by atoms with Gasteiger partial charge in [-0.15, -0.1) is 11.3 Å². The summed E-state index contributed by atoms with van der Waals surface area (Å²) in [4.78, 5) is 7.02. The van der Waals surface area contributed by atoms with Gasteiger partial charge in [0.1, 0.15) is 0 Å². The van der Waals surface area contributed by atoms with Crippen LogP contribution in [0.5, 0.6) is 0 Å². The number of rotatable bonds is 4. The monoisotopic (exact) mass is 267 g/mol. The van der Waals surface area contributed by atoms with Crippen molar-refractivity contribution < 1.29 is 0 Å². The molecule has 3 nitrogen and oxygen atoms in total. The molecule has 0 saturated carbocycles. The fraction of sp³-hybridized carbons (Fsp3) is 0.786. The van der Waals surface area contributed by atoms with Crippen LogP contribution in [-0.4, -0.2) is 41.1 Å². The molecule has 1 saturated heterocycles. The zero-order valence-electron chi connectivity index (χ0n) is 11.9. The van der Waals surface area contributed by atoms with Crippen molar-refractivity contribution in [3.8, 4) is 0 Å². The molecule has 0 radical (unpaired) electrons. The standard InChI is InChI=1S/C14H25N3S/c1-11(2)13-7-16-14(3,4)9-17(13)6-5-12-8-18-10-15-12/h8,10-11,13,16H,5-7,9H2,1-4H3. The van der Waals surface area contributed by atoms with E-state index in [9.17, 15) is 0 Å². The normalized spacial score (nSPS) is 24.6. The van der Waals surface area contributed by atoms with E-state index < -0.39 is 0 Å². The summed E-state index contributed by atoms with van der Waals surface area (Å²) in [6.07, 6.45) is 1.07. The summed E-state index contributed by atoms with van der Waals surface area (Å²) >= 11 is 1.69. The Labute approximate surface area is 115 Å². The minimum Gasteiger partial charge on any atom is -0.309 e. The third-order valence-electron chi connectivity index (χ3n) is 3.77. The molecule has 18 heavy (non-hydrogen) atoms. The quantitative estimate of drug-likeness (QED) is 0.908. The molecule has 102 valence electrons. The first kappa shape index (κ1) is 14.0. The third kappa shape index (κ3) is 3.53. The number of hydrogen-bond acceptors (Lipinski definition) is 4. The maximum absolute atomic E-state index is 4.38. The van der Waals surface area contributed by atoms with E-state index in [1.54, 1.807) is 11.3 Å². The summed E-state index contributed by atoms with van der Waals surface area (Å²) in [7, 11) is 0. The highest BCUT2D eigenvalue weighted by atomic mass is 32.1. The lowest BCUT2D eigenvalue weighted by Gasteiger charge is -2.46. The van der Waals surface area contributed by atoms with Gasteiger partial charge < -0.3 is 5.32 Å².